The van der Waals surface area contributed by atoms with E-state index in [1.54, 1.807) is 0 Å². The molecule has 0 heterocycles. The van der Waals surface area contributed by atoms with Crippen LogP contribution in [0.15, 0.2) is 54.6 Å². The van der Waals surface area contributed by atoms with Gasteiger partial charge in [-0.05, 0) is 43.4 Å². The molecular formula is C30H46NO3+. The van der Waals surface area contributed by atoms with E-state index in [-0.39, 0.29) is 5.97 Å². The molecule has 34 heavy (non-hydrogen) atoms. The van der Waals surface area contributed by atoms with Crippen LogP contribution in [0.1, 0.15) is 75.8 Å². The van der Waals surface area contributed by atoms with Gasteiger partial charge in [0.05, 0.1) is 27.3 Å². The molecule has 0 saturated heterocycles. The number of carbonyl (C=O) groups is 1. The lowest BCUT2D eigenvalue weighted by molar-refractivity contribution is -0.896. The number of hydrogen-bond donors (Lipinski definition) is 0. The molecule has 0 fully saturated rings. The van der Waals surface area contributed by atoms with Crippen molar-refractivity contribution in [1.29, 1.82) is 0 Å². The second-order valence-corrected chi connectivity index (χ2v) is 10.0. The molecule has 188 valence electrons. The molecule has 4 nitrogen and oxygen atoms in total. The van der Waals surface area contributed by atoms with Crippen molar-refractivity contribution in [1.82, 2.24) is 0 Å². The Bertz CT molecular complexity index is 804. The third-order valence-electron chi connectivity index (χ3n) is 6.05. The van der Waals surface area contributed by atoms with Crippen molar-refractivity contribution < 1.29 is 18.8 Å². The number of carbonyl (C=O) groups excluding carboxylic acids is 1. The average molecular weight is 469 g/mol. The second-order valence-electron chi connectivity index (χ2n) is 10.0. The summed E-state index contributed by atoms with van der Waals surface area (Å²) in [5.41, 5.74) is 2.58. The number of rotatable bonds is 18. The number of aryl methyl sites for hydroxylation is 1. The molecule has 0 radical (unpaired) electrons. The molecule has 0 bridgehead atoms. The molecule has 0 unspecified atom stereocenters. The highest BCUT2D eigenvalue weighted by molar-refractivity contribution is 5.70. The smallest absolute Gasteiger partial charge is 0.361 e. The van der Waals surface area contributed by atoms with Gasteiger partial charge < -0.3 is 14.0 Å². The number of unbranched alkanes of at least 4 members (excludes halogenated alkanes) is 7. The van der Waals surface area contributed by atoms with Crippen LogP contribution in [0, 0.1) is 0 Å². The maximum Gasteiger partial charge on any atom is 0.361 e. The van der Waals surface area contributed by atoms with E-state index in [1.165, 1.54) is 56.1 Å². The molecule has 0 atom stereocenters. The first-order valence-corrected chi connectivity index (χ1v) is 13.2. The molecule has 0 spiro atoms. The number of hydrogen-bond acceptors (Lipinski definition) is 3. The number of nitrogens with zero attached hydrogens (tertiary/aromatic N) is 1. The molecule has 0 N–H and O–H groups in total. The Kier molecular flexibility index (Phi) is 13.4. The maximum absolute atomic E-state index is 12.2. The molecule has 2 aromatic carbocycles. The van der Waals surface area contributed by atoms with Gasteiger partial charge in [0.1, 0.15) is 12.3 Å². The molecule has 0 amide bonds. The predicted octanol–water partition coefficient (Wildman–Crippen LogP) is 6.96. The molecule has 0 aliphatic rings. The quantitative estimate of drug-likeness (QED) is 0.135. The van der Waals surface area contributed by atoms with E-state index in [1.807, 2.05) is 24.3 Å². The highest BCUT2D eigenvalue weighted by Gasteiger charge is 2.21. The number of benzene rings is 2. The Labute approximate surface area is 207 Å². The van der Waals surface area contributed by atoms with Crippen LogP contribution in [0.4, 0.5) is 0 Å². The minimum Gasteiger partial charge on any atom is -0.494 e. The van der Waals surface area contributed by atoms with Gasteiger partial charge in [0, 0.05) is 5.56 Å². The lowest BCUT2D eigenvalue weighted by Crippen LogP contribution is -2.43. The Morgan fingerprint density at radius 3 is 2.21 bits per heavy atom. The second kappa shape index (κ2) is 16.3. The summed E-state index contributed by atoms with van der Waals surface area (Å²) in [6, 6.07) is 18.7. The standard InChI is InChI=1S/C30H46NO3/c1-4-5-6-7-8-9-11-17-27-20-16-21-29(24-27)33-22-14-15-23-34-30(32)26-31(2,3)25-28-18-12-10-13-19-28/h10,12-13,16,18-21,24H,4-9,11,14-15,17,22-23,25-26H2,1-3H3/q+1. The summed E-state index contributed by atoms with van der Waals surface area (Å²) < 4.78 is 12.0. The lowest BCUT2D eigenvalue weighted by atomic mass is 10.0. The van der Waals surface area contributed by atoms with Gasteiger partial charge in [0.2, 0.25) is 0 Å². The van der Waals surface area contributed by atoms with Crippen LogP contribution in [0.3, 0.4) is 0 Å². The monoisotopic (exact) mass is 468 g/mol. The molecule has 0 aliphatic carbocycles. The summed E-state index contributed by atoms with van der Waals surface area (Å²) in [4.78, 5) is 12.2. The van der Waals surface area contributed by atoms with Crippen LogP contribution in [0.5, 0.6) is 5.75 Å². The highest BCUT2D eigenvalue weighted by Crippen LogP contribution is 2.17. The Morgan fingerprint density at radius 1 is 0.765 bits per heavy atom. The minimum atomic E-state index is -0.139. The van der Waals surface area contributed by atoms with Crippen molar-refractivity contribution in [3.05, 3.63) is 65.7 Å². The summed E-state index contributed by atoms with van der Waals surface area (Å²) in [5.74, 6) is 0.803. The largest absolute Gasteiger partial charge is 0.494 e. The van der Waals surface area contributed by atoms with E-state index in [4.69, 9.17) is 9.47 Å². The van der Waals surface area contributed by atoms with Gasteiger partial charge in [-0.1, -0.05) is 87.9 Å². The zero-order valence-electron chi connectivity index (χ0n) is 21.8. The fourth-order valence-electron chi connectivity index (χ4n) is 4.19. The molecule has 0 aliphatic heterocycles. The lowest BCUT2D eigenvalue weighted by Gasteiger charge is -2.28. The molecule has 4 heteroatoms. The number of quaternary nitrogens is 1. The first kappa shape index (κ1) is 27.9. The third kappa shape index (κ3) is 12.8. The van der Waals surface area contributed by atoms with E-state index < -0.39 is 0 Å². The zero-order chi connectivity index (χ0) is 24.5. The van der Waals surface area contributed by atoms with Crippen LogP contribution >= 0.6 is 0 Å². The number of ether oxygens (including phenoxy) is 2. The minimum absolute atomic E-state index is 0.139. The van der Waals surface area contributed by atoms with Crippen molar-refractivity contribution in [2.75, 3.05) is 33.9 Å². The van der Waals surface area contributed by atoms with Crippen LogP contribution in [0.25, 0.3) is 0 Å². The van der Waals surface area contributed by atoms with Crippen molar-refractivity contribution in [2.24, 2.45) is 0 Å². The highest BCUT2D eigenvalue weighted by atomic mass is 16.5. The van der Waals surface area contributed by atoms with Crippen LogP contribution < -0.4 is 4.74 Å². The summed E-state index contributed by atoms with van der Waals surface area (Å²) in [5, 5.41) is 0. The zero-order valence-corrected chi connectivity index (χ0v) is 21.8. The van der Waals surface area contributed by atoms with E-state index in [9.17, 15) is 4.79 Å². The first-order valence-electron chi connectivity index (χ1n) is 13.2. The summed E-state index contributed by atoms with van der Waals surface area (Å²) in [6.07, 6.45) is 12.2. The maximum atomic E-state index is 12.2. The van der Waals surface area contributed by atoms with Gasteiger partial charge in [0.15, 0.2) is 6.54 Å². The Balaban J connectivity index is 1.54. The third-order valence-corrected chi connectivity index (χ3v) is 6.05. The summed E-state index contributed by atoms with van der Waals surface area (Å²) in [6.45, 7) is 4.54. The molecule has 0 aromatic heterocycles. The van der Waals surface area contributed by atoms with Crippen molar-refractivity contribution in [3.8, 4) is 5.75 Å². The van der Waals surface area contributed by atoms with Crippen molar-refractivity contribution in [2.45, 2.75) is 77.7 Å². The van der Waals surface area contributed by atoms with E-state index >= 15 is 0 Å². The van der Waals surface area contributed by atoms with Gasteiger partial charge in [0.25, 0.3) is 0 Å². The normalized spacial score (nSPS) is 11.4. The van der Waals surface area contributed by atoms with Crippen LogP contribution in [0.2, 0.25) is 0 Å². The summed E-state index contributed by atoms with van der Waals surface area (Å²) in [7, 11) is 4.12. The van der Waals surface area contributed by atoms with Gasteiger partial charge in [-0.3, -0.25) is 0 Å². The summed E-state index contributed by atoms with van der Waals surface area (Å²) >= 11 is 0. The van der Waals surface area contributed by atoms with Crippen molar-refractivity contribution >= 4 is 5.97 Å². The first-order chi connectivity index (χ1) is 16.5. The van der Waals surface area contributed by atoms with E-state index in [0.717, 1.165) is 31.6 Å². The van der Waals surface area contributed by atoms with Gasteiger partial charge >= 0.3 is 5.97 Å². The van der Waals surface area contributed by atoms with Crippen molar-refractivity contribution in [3.63, 3.8) is 0 Å². The fraction of sp³-hybridized carbons (Fsp3) is 0.567. The fourth-order valence-corrected chi connectivity index (χ4v) is 4.19. The van der Waals surface area contributed by atoms with E-state index in [2.05, 4.69) is 51.4 Å². The Hall–Kier alpha value is -2.33. The number of likely N-dealkylation sites (N-methyl/N-ethyl adjacent to an activating group) is 1. The topological polar surface area (TPSA) is 35.5 Å². The van der Waals surface area contributed by atoms with Gasteiger partial charge in [-0.25, -0.2) is 4.79 Å². The van der Waals surface area contributed by atoms with Gasteiger partial charge in [-0.2, -0.15) is 0 Å². The molecule has 2 aromatic rings. The van der Waals surface area contributed by atoms with Gasteiger partial charge in [-0.15, -0.1) is 0 Å². The molecule has 2 rings (SSSR count). The molecular weight excluding hydrogens is 422 g/mol. The Morgan fingerprint density at radius 2 is 1.44 bits per heavy atom. The van der Waals surface area contributed by atoms with E-state index in [0.29, 0.717) is 24.2 Å². The van der Waals surface area contributed by atoms with Crippen LogP contribution in [-0.2, 0) is 22.5 Å². The number of esters is 1. The van der Waals surface area contributed by atoms with Crippen LogP contribution in [-0.4, -0.2) is 44.3 Å². The SMILES string of the molecule is CCCCCCCCCc1cccc(OCCCCOC(=O)C[N+](C)(C)Cc2ccccc2)c1. The average Bonchev–Trinajstić information content (AvgIpc) is 2.81. The molecule has 0 saturated carbocycles. The predicted molar refractivity (Wildman–Crippen MR) is 141 cm³/mol.